The molecular weight excluding hydrogens is 183 g/mol. The van der Waals surface area contributed by atoms with Crippen LogP contribution >= 0.6 is 0 Å². The summed E-state index contributed by atoms with van der Waals surface area (Å²) in [6.45, 7) is 2.21. The van der Waals surface area contributed by atoms with Gasteiger partial charge < -0.3 is 10.0 Å². The van der Waals surface area contributed by atoms with Crippen LogP contribution in [-0.2, 0) is 0 Å². The van der Waals surface area contributed by atoms with E-state index in [-0.39, 0.29) is 6.54 Å². The first-order valence-electron chi connectivity index (χ1n) is 4.31. The smallest absolute Gasteiger partial charge is 0.382 e. The quantitative estimate of drug-likeness (QED) is 0.727. The Hall–Kier alpha value is -0.290. The second kappa shape index (κ2) is 5.44. The topological polar surface area (TPSA) is 23.5 Å². The Bertz CT molecular complexity index is 138. The first-order valence-corrected chi connectivity index (χ1v) is 4.31. The lowest BCUT2D eigenvalue weighted by Gasteiger charge is -2.21. The van der Waals surface area contributed by atoms with Gasteiger partial charge in [-0.15, -0.1) is 0 Å². The summed E-state index contributed by atoms with van der Waals surface area (Å²) < 4.78 is 35.6. The summed E-state index contributed by atoms with van der Waals surface area (Å²) in [5, 5.41) is 8.69. The molecule has 0 heterocycles. The van der Waals surface area contributed by atoms with Gasteiger partial charge in [0.05, 0.1) is 0 Å². The molecule has 0 aromatic carbocycles. The van der Waals surface area contributed by atoms with Gasteiger partial charge in [0, 0.05) is 6.54 Å². The first kappa shape index (κ1) is 12.7. The van der Waals surface area contributed by atoms with Gasteiger partial charge in [-0.1, -0.05) is 13.3 Å². The highest BCUT2D eigenvalue weighted by atomic mass is 19.4. The van der Waals surface area contributed by atoms with Gasteiger partial charge in [0.1, 0.15) is 0 Å². The molecule has 0 radical (unpaired) electrons. The normalized spacial score (nSPS) is 15.0. The maximum absolute atomic E-state index is 11.9. The number of hydrogen-bond acceptors (Lipinski definition) is 2. The molecule has 80 valence electrons. The fraction of sp³-hybridized carbons (Fsp3) is 1.00. The molecular formula is C8H16F3NO. The molecule has 0 aromatic rings. The largest absolute Gasteiger partial charge is 0.415 e. The molecule has 5 heteroatoms. The summed E-state index contributed by atoms with van der Waals surface area (Å²) in [7, 11) is 1.57. The third-order valence-corrected chi connectivity index (χ3v) is 1.76. The minimum absolute atomic E-state index is 0.344. The van der Waals surface area contributed by atoms with E-state index in [1.54, 1.807) is 7.05 Å². The Labute approximate surface area is 76.3 Å². The number of alkyl halides is 3. The SMILES string of the molecule is CCCCN(C)CC(O)C(F)(F)F. The molecule has 0 bridgehead atoms. The number of halogens is 3. The number of likely N-dealkylation sites (N-methyl/N-ethyl adjacent to an activating group) is 1. The van der Waals surface area contributed by atoms with Gasteiger partial charge in [-0.2, -0.15) is 13.2 Å². The van der Waals surface area contributed by atoms with E-state index in [1.165, 1.54) is 4.90 Å². The van der Waals surface area contributed by atoms with Crippen LogP contribution in [0, 0.1) is 0 Å². The summed E-state index contributed by atoms with van der Waals surface area (Å²) in [6.07, 6.45) is -4.94. The molecule has 0 saturated carbocycles. The van der Waals surface area contributed by atoms with Crippen molar-refractivity contribution < 1.29 is 18.3 Å². The van der Waals surface area contributed by atoms with Crippen molar-refractivity contribution in [1.29, 1.82) is 0 Å². The van der Waals surface area contributed by atoms with Crippen LogP contribution in [0.4, 0.5) is 13.2 Å². The lowest BCUT2D eigenvalue weighted by Crippen LogP contribution is -2.39. The highest BCUT2D eigenvalue weighted by molar-refractivity contribution is 4.68. The van der Waals surface area contributed by atoms with E-state index in [0.717, 1.165) is 12.8 Å². The van der Waals surface area contributed by atoms with Crippen LogP contribution in [0.1, 0.15) is 19.8 Å². The number of aliphatic hydroxyl groups excluding tert-OH is 1. The van der Waals surface area contributed by atoms with Crippen LogP contribution in [0.3, 0.4) is 0 Å². The summed E-state index contributed by atoms with van der Waals surface area (Å²) in [4.78, 5) is 1.49. The standard InChI is InChI=1S/C8H16F3NO/c1-3-4-5-12(2)6-7(13)8(9,10)11/h7,13H,3-6H2,1-2H3. The average Bonchev–Trinajstić information content (AvgIpc) is 1.99. The van der Waals surface area contributed by atoms with Crippen molar-refractivity contribution in [3.63, 3.8) is 0 Å². The highest BCUT2D eigenvalue weighted by Crippen LogP contribution is 2.20. The van der Waals surface area contributed by atoms with Crippen LogP contribution in [-0.4, -0.2) is 42.4 Å². The zero-order chi connectivity index (χ0) is 10.5. The molecule has 0 aliphatic rings. The van der Waals surface area contributed by atoms with E-state index in [2.05, 4.69) is 0 Å². The fourth-order valence-electron chi connectivity index (χ4n) is 0.918. The number of rotatable bonds is 5. The average molecular weight is 199 g/mol. The minimum atomic E-state index is -4.50. The molecule has 0 aliphatic heterocycles. The van der Waals surface area contributed by atoms with Crippen LogP contribution in [0.2, 0.25) is 0 Å². The van der Waals surface area contributed by atoms with Crippen molar-refractivity contribution in [2.45, 2.75) is 32.0 Å². The number of nitrogens with zero attached hydrogens (tertiary/aromatic N) is 1. The summed E-state index contributed by atoms with van der Waals surface area (Å²) >= 11 is 0. The Kier molecular flexibility index (Phi) is 5.32. The van der Waals surface area contributed by atoms with Gasteiger partial charge in [0.2, 0.25) is 0 Å². The van der Waals surface area contributed by atoms with Crippen LogP contribution in [0.5, 0.6) is 0 Å². The van der Waals surface area contributed by atoms with Crippen LogP contribution < -0.4 is 0 Å². The lowest BCUT2D eigenvalue weighted by atomic mass is 10.3. The van der Waals surface area contributed by atoms with E-state index in [1.807, 2.05) is 6.92 Å². The van der Waals surface area contributed by atoms with Crippen molar-refractivity contribution >= 4 is 0 Å². The maximum atomic E-state index is 11.9. The molecule has 2 nitrogen and oxygen atoms in total. The second-order valence-electron chi connectivity index (χ2n) is 3.17. The van der Waals surface area contributed by atoms with Crippen molar-refractivity contribution in [2.75, 3.05) is 20.1 Å². The van der Waals surface area contributed by atoms with E-state index in [9.17, 15) is 13.2 Å². The molecule has 13 heavy (non-hydrogen) atoms. The molecule has 0 amide bonds. The number of unbranched alkanes of at least 4 members (excludes halogenated alkanes) is 1. The Morgan fingerprint density at radius 3 is 2.31 bits per heavy atom. The van der Waals surface area contributed by atoms with Gasteiger partial charge >= 0.3 is 6.18 Å². The Morgan fingerprint density at radius 1 is 1.38 bits per heavy atom. The predicted molar refractivity (Wildman–Crippen MR) is 44.5 cm³/mol. The van der Waals surface area contributed by atoms with Crippen molar-refractivity contribution in [3.8, 4) is 0 Å². The number of hydrogen-bond donors (Lipinski definition) is 1. The minimum Gasteiger partial charge on any atom is -0.382 e. The summed E-state index contributed by atoms with van der Waals surface area (Å²) in [6, 6.07) is 0. The van der Waals surface area contributed by atoms with E-state index in [0.29, 0.717) is 6.54 Å². The third-order valence-electron chi connectivity index (χ3n) is 1.76. The van der Waals surface area contributed by atoms with Crippen molar-refractivity contribution in [1.82, 2.24) is 4.90 Å². The van der Waals surface area contributed by atoms with Gasteiger partial charge in [-0.3, -0.25) is 0 Å². The monoisotopic (exact) mass is 199 g/mol. The zero-order valence-electron chi connectivity index (χ0n) is 7.93. The lowest BCUT2D eigenvalue weighted by molar-refractivity contribution is -0.207. The molecule has 1 unspecified atom stereocenters. The zero-order valence-corrected chi connectivity index (χ0v) is 7.93. The second-order valence-corrected chi connectivity index (χ2v) is 3.17. The molecule has 0 saturated heterocycles. The highest BCUT2D eigenvalue weighted by Gasteiger charge is 2.38. The van der Waals surface area contributed by atoms with Crippen molar-refractivity contribution in [3.05, 3.63) is 0 Å². The van der Waals surface area contributed by atoms with E-state index >= 15 is 0 Å². The van der Waals surface area contributed by atoms with Crippen LogP contribution in [0.15, 0.2) is 0 Å². The molecule has 0 aromatic heterocycles. The van der Waals surface area contributed by atoms with Crippen LogP contribution in [0.25, 0.3) is 0 Å². The maximum Gasteiger partial charge on any atom is 0.415 e. The summed E-state index contributed by atoms with van der Waals surface area (Å²) in [5.41, 5.74) is 0. The first-order chi connectivity index (χ1) is 5.88. The third kappa shape index (κ3) is 5.87. The molecule has 0 rings (SSSR count). The van der Waals surface area contributed by atoms with E-state index < -0.39 is 12.3 Å². The molecule has 1 N–H and O–H groups in total. The fourth-order valence-corrected chi connectivity index (χ4v) is 0.918. The van der Waals surface area contributed by atoms with Gasteiger partial charge in [-0.05, 0) is 20.0 Å². The predicted octanol–water partition coefficient (Wildman–Crippen LogP) is 1.64. The van der Waals surface area contributed by atoms with Gasteiger partial charge in [-0.25, -0.2) is 0 Å². The molecule has 1 atom stereocenters. The van der Waals surface area contributed by atoms with Crippen molar-refractivity contribution in [2.24, 2.45) is 0 Å². The van der Waals surface area contributed by atoms with E-state index in [4.69, 9.17) is 5.11 Å². The van der Waals surface area contributed by atoms with Gasteiger partial charge in [0.25, 0.3) is 0 Å². The Balaban J connectivity index is 3.71. The molecule has 0 fully saturated rings. The van der Waals surface area contributed by atoms with Gasteiger partial charge in [0.15, 0.2) is 6.10 Å². The summed E-state index contributed by atoms with van der Waals surface area (Å²) in [5.74, 6) is 0. The Morgan fingerprint density at radius 2 is 1.92 bits per heavy atom. The molecule has 0 spiro atoms. The molecule has 0 aliphatic carbocycles. The number of aliphatic hydroxyl groups is 1.